The second kappa shape index (κ2) is 17.9. The van der Waals surface area contributed by atoms with Gasteiger partial charge in [-0.2, -0.15) is 0 Å². The van der Waals surface area contributed by atoms with E-state index in [4.69, 9.17) is 5.73 Å². The van der Waals surface area contributed by atoms with Crippen molar-refractivity contribution in [3.8, 4) is 11.1 Å². The van der Waals surface area contributed by atoms with Crippen LogP contribution in [-0.2, 0) is 30.5 Å². The lowest BCUT2D eigenvalue weighted by molar-refractivity contribution is -0.140. The molecule has 1 saturated carbocycles. The lowest BCUT2D eigenvalue weighted by Crippen LogP contribution is -2.49. The number of aliphatic hydroxyl groups excluding tert-OH is 1. The number of benzene rings is 2. The van der Waals surface area contributed by atoms with E-state index in [1.54, 1.807) is 12.3 Å². The highest BCUT2D eigenvalue weighted by Gasteiger charge is 2.38. The molecule has 0 bridgehead atoms. The van der Waals surface area contributed by atoms with Crippen LogP contribution in [0.2, 0.25) is 0 Å². The third-order valence-corrected chi connectivity index (χ3v) is 10.2. The highest BCUT2D eigenvalue weighted by Crippen LogP contribution is 2.41. The average molecular weight is 761 g/mol. The van der Waals surface area contributed by atoms with E-state index >= 15 is 4.39 Å². The molecular formula is C41H50F2N6O6. The normalized spacial score (nSPS) is 18.1. The zero-order valence-electron chi connectivity index (χ0n) is 31.5. The van der Waals surface area contributed by atoms with Gasteiger partial charge in [0.1, 0.15) is 18.2 Å². The maximum atomic E-state index is 15.1. The molecule has 0 radical (unpaired) electrons. The maximum Gasteiger partial charge on any atom is 0.253 e. The van der Waals surface area contributed by atoms with Gasteiger partial charge >= 0.3 is 0 Å². The minimum Gasteiger partial charge on any atom is -0.387 e. The van der Waals surface area contributed by atoms with Gasteiger partial charge in [0.05, 0.1) is 12.1 Å². The van der Waals surface area contributed by atoms with Crippen molar-refractivity contribution >= 4 is 29.5 Å². The monoisotopic (exact) mass is 760 g/mol. The number of hydrogen-bond acceptors (Lipinski definition) is 7. The fraction of sp³-hybridized carbons (Fsp3) is 0.439. The molecule has 1 aromatic heterocycles. The van der Waals surface area contributed by atoms with Gasteiger partial charge in [-0.1, -0.05) is 51.1 Å². The van der Waals surface area contributed by atoms with Crippen molar-refractivity contribution in [2.45, 2.75) is 77.5 Å². The smallest absolute Gasteiger partial charge is 0.253 e. The fourth-order valence-electron chi connectivity index (χ4n) is 7.50. The Morgan fingerprint density at radius 2 is 1.73 bits per heavy atom. The standard InChI is InChI=1S/C41H50F2N6O6/c1-41(2,3)39(34-21-28(31-22-29(42)10-12-32(31)43)24-47(34)23-26-7-5-4-6-8-26)49(38(54)25-50)17-15-33(44)40(55)46-30-11-9-27(19-30)20-35(51)45-16-18-48-36(52)13-14-37(48)53/h4-8,10,12-14,21-22,24,27,30,33,39,50H,9,11,15-20,23,25,44H2,1-3H3,(H,45,51)(H,46,55)/t27-,30-,33+,39+/m1/s1. The van der Waals surface area contributed by atoms with Crippen LogP contribution in [0.4, 0.5) is 8.78 Å². The summed E-state index contributed by atoms with van der Waals surface area (Å²) in [5.41, 5.74) is 7.83. The lowest BCUT2D eigenvalue weighted by Gasteiger charge is -2.41. The fourth-order valence-corrected chi connectivity index (χ4v) is 7.50. The third kappa shape index (κ3) is 10.5. The van der Waals surface area contributed by atoms with E-state index in [9.17, 15) is 33.5 Å². The number of nitrogens with zero attached hydrogens (tertiary/aromatic N) is 3. The van der Waals surface area contributed by atoms with Crippen molar-refractivity contribution in [2.24, 2.45) is 17.1 Å². The predicted octanol–water partition coefficient (Wildman–Crippen LogP) is 3.82. The molecular weight excluding hydrogens is 710 g/mol. The summed E-state index contributed by atoms with van der Waals surface area (Å²) in [6.45, 7) is 5.65. The molecule has 1 fully saturated rings. The van der Waals surface area contributed by atoms with E-state index in [1.807, 2.05) is 55.7 Å². The van der Waals surface area contributed by atoms with Crippen molar-refractivity contribution in [3.05, 3.63) is 95.8 Å². The molecule has 3 aromatic rings. The number of halogens is 2. The molecule has 4 atom stereocenters. The summed E-state index contributed by atoms with van der Waals surface area (Å²) < 4.78 is 31.3. The van der Waals surface area contributed by atoms with Gasteiger partial charge in [0.25, 0.3) is 11.8 Å². The summed E-state index contributed by atoms with van der Waals surface area (Å²) in [6, 6.07) is 12.7. The Hall–Kier alpha value is -5.21. The molecule has 0 spiro atoms. The summed E-state index contributed by atoms with van der Waals surface area (Å²) in [6.07, 6.45) is 6.39. The molecule has 14 heteroatoms. The Bertz CT molecular complexity index is 1890. The number of aliphatic hydroxyl groups is 1. The minimum atomic E-state index is -0.990. The molecule has 2 aliphatic rings. The molecule has 294 valence electrons. The Labute approximate surface area is 319 Å². The number of amides is 5. The summed E-state index contributed by atoms with van der Waals surface area (Å²) in [5.74, 6) is -3.16. The first-order valence-electron chi connectivity index (χ1n) is 18.6. The van der Waals surface area contributed by atoms with E-state index in [0.29, 0.717) is 30.6 Å². The van der Waals surface area contributed by atoms with Crippen LogP contribution in [0.25, 0.3) is 11.1 Å². The van der Waals surface area contributed by atoms with E-state index in [1.165, 1.54) is 17.1 Å². The first kappa shape index (κ1) is 41.0. The first-order valence-corrected chi connectivity index (χ1v) is 18.6. The number of aromatic nitrogens is 1. The molecule has 12 nitrogen and oxygen atoms in total. The quantitative estimate of drug-likeness (QED) is 0.161. The number of nitrogens with one attached hydrogen (secondary N) is 2. The Balaban J connectivity index is 1.25. The molecule has 2 aromatic carbocycles. The van der Waals surface area contributed by atoms with Crippen LogP contribution >= 0.6 is 0 Å². The summed E-state index contributed by atoms with van der Waals surface area (Å²) in [5, 5.41) is 15.9. The van der Waals surface area contributed by atoms with E-state index < -0.39 is 59.4 Å². The summed E-state index contributed by atoms with van der Waals surface area (Å²) in [7, 11) is 0. The van der Waals surface area contributed by atoms with Crippen LogP contribution in [0.15, 0.2) is 72.9 Å². The van der Waals surface area contributed by atoms with Gasteiger partial charge in [0.2, 0.25) is 17.7 Å². The number of nitrogens with two attached hydrogens (primary N) is 1. The van der Waals surface area contributed by atoms with Crippen LogP contribution in [0.1, 0.15) is 70.2 Å². The zero-order chi connectivity index (χ0) is 39.9. The maximum absolute atomic E-state index is 15.1. The van der Waals surface area contributed by atoms with Crippen LogP contribution < -0.4 is 16.4 Å². The Kier molecular flexibility index (Phi) is 13.4. The van der Waals surface area contributed by atoms with Gasteiger partial charge < -0.3 is 30.9 Å². The van der Waals surface area contributed by atoms with Gasteiger partial charge in [-0.25, -0.2) is 8.78 Å². The number of carbonyl (C=O) groups is 5. The van der Waals surface area contributed by atoms with Gasteiger partial charge in [-0.05, 0) is 66.8 Å². The number of hydrogen-bond donors (Lipinski definition) is 4. The third-order valence-electron chi connectivity index (χ3n) is 10.2. The number of imide groups is 1. The van der Waals surface area contributed by atoms with E-state index in [-0.39, 0.29) is 55.9 Å². The molecule has 0 saturated heterocycles. The molecule has 0 unspecified atom stereocenters. The molecule has 1 aliphatic carbocycles. The highest BCUT2D eigenvalue weighted by molar-refractivity contribution is 6.12. The van der Waals surface area contributed by atoms with Gasteiger partial charge in [-0.15, -0.1) is 0 Å². The number of rotatable bonds is 16. The van der Waals surface area contributed by atoms with Gasteiger partial charge in [-0.3, -0.25) is 28.9 Å². The lowest BCUT2D eigenvalue weighted by atomic mass is 9.82. The minimum absolute atomic E-state index is 0.0221. The van der Waals surface area contributed by atoms with Crippen LogP contribution in [0.3, 0.4) is 0 Å². The average Bonchev–Trinajstić information content (AvgIpc) is 3.85. The summed E-state index contributed by atoms with van der Waals surface area (Å²) in [4.78, 5) is 65.3. The van der Waals surface area contributed by atoms with E-state index in [2.05, 4.69) is 10.6 Å². The molecule has 5 N–H and O–H groups in total. The van der Waals surface area contributed by atoms with Gasteiger partial charge in [0, 0.05) is 73.8 Å². The molecule has 1 aliphatic heterocycles. The largest absolute Gasteiger partial charge is 0.387 e. The van der Waals surface area contributed by atoms with Crippen LogP contribution in [0, 0.1) is 23.0 Å². The predicted molar refractivity (Wildman–Crippen MR) is 202 cm³/mol. The van der Waals surface area contributed by atoms with Crippen molar-refractivity contribution in [1.82, 2.24) is 25.0 Å². The number of carbonyl (C=O) groups excluding carboxylic acids is 5. The molecule has 5 amide bonds. The Morgan fingerprint density at radius 3 is 2.40 bits per heavy atom. The second-order valence-electron chi connectivity index (χ2n) is 15.4. The van der Waals surface area contributed by atoms with Crippen molar-refractivity contribution in [3.63, 3.8) is 0 Å². The second-order valence-corrected chi connectivity index (χ2v) is 15.4. The van der Waals surface area contributed by atoms with Crippen molar-refractivity contribution in [2.75, 3.05) is 26.2 Å². The van der Waals surface area contributed by atoms with Crippen LogP contribution in [-0.4, -0.2) is 87.3 Å². The zero-order valence-corrected chi connectivity index (χ0v) is 31.5. The Morgan fingerprint density at radius 1 is 1.02 bits per heavy atom. The molecule has 5 rings (SSSR count). The highest BCUT2D eigenvalue weighted by atomic mass is 19.1. The SMILES string of the molecule is CC(C)(C)[C@H](c1cc(-c2cc(F)ccc2F)cn1Cc1ccccc1)N(CC[C@H](N)C(=O)N[C@@H]1CC[C@@H](CC(=O)NCCN2C(=O)C=CC2=O)C1)C(=O)CO. The van der Waals surface area contributed by atoms with Crippen LogP contribution in [0.5, 0.6) is 0 Å². The topological polar surface area (TPSA) is 167 Å². The summed E-state index contributed by atoms with van der Waals surface area (Å²) >= 11 is 0. The van der Waals surface area contributed by atoms with Gasteiger partial charge in [0.15, 0.2) is 0 Å². The molecule has 55 heavy (non-hydrogen) atoms. The molecule has 2 heterocycles. The van der Waals surface area contributed by atoms with E-state index in [0.717, 1.165) is 35.1 Å². The first-order chi connectivity index (χ1) is 26.1. The van der Waals surface area contributed by atoms with Crippen molar-refractivity contribution in [1.29, 1.82) is 0 Å². The van der Waals surface area contributed by atoms with Crippen molar-refractivity contribution < 1.29 is 37.9 Å².